The molecule has 1 rings (SSSR count). The maximum atomic E-state index is 11.1. The lowest BCUT2D eigenvalue weighted by Crippen LogP contribution is -2.18. The third-order valence-electron chi connectivity index (χ3n) is 2.76. The molecular formula is C15H20N2O4. The number of ether oxygens (including phenoxy) is 2. The molecule has 0 aliphatic rings. The molecule has 0 spiro atoms. The van der Waals surface area contributed by atoms with E-state index in [9.17, 15) is 10.1 Å². The van der Waals surface area contributed by atoms with E-state index in [0.29, 0.717) is 39.1 Å². The Kier molecular flexibility index (Phi) is 7.87. The molecule has 0 radical (unpaired) electrons. The molecule has 6 nitrogen and oxygen atoms in total. The van der Waals surface area contributed by atoms with Crippen LogP contribution in [0.15, 0.2) is 18.2 Å². The zero-order chi connectivity index (χ0) is 15.5. The predicted molar refractivity (Wildman–Crippen MR) is 80.2 cm³/mol. The fourth-order valence-corrected chi connectivity index (χ4v) is 1.70. The Morgan fingerprint density at radius 1 is 1.43 bits per heavy atom. The summed E-state index contributed by atoms with van der Waals surface area (Å²) in [5.74, 6) is 2.78. The zero-order valence-electron chi connectivity index (χ0n) is 12.1. The molecule has 0 saturated heterocycles. The molecule has 0 saturated carbocycles. The van der Waals surface area contributed by atoms with Gasteiger partial charge in [-0.15, -0.1) is 12.3 Å². The third-order valence-corrected chi connectivity index (χ3v) is 2.76. The molecule has 0 fully saturated rings. The van der Waals surface area contributed by atoms with Gasteiger partial charge < -0.3 is 14.8 Å². The summed E-state index contributed by atoms with van der Waals surface area (Å²) in [4.78, 5) is 10.7. The predicted octanol–water partition coefficient (Wildman–Crippen LogP) is 2.12. The minimum absolute atomic E-state index is 0.0262. The standard InChI is InChI=1S/C15H20N2O4/c1-3-4-5-9-21-15-7-6-13(11-14(15)17(18)19)12-16-8-10-20-2/h1,6-7,11,16H,4-5,8-10,12H2,2H3. The van der Waals surface area contributed by atoms with Crippen LogP contribution in [0.1, 0.15) is 18.4 Å². The van der Waals surface area contributed by atoms with Gasteiger partial charge in [0, 0.05) is 32.7 Å². The lowest BCUT2D eigenvalue weighted by molar-refractivity contribution is -0.385. The van der Waals surface area contributed by atoms with E-state index < -0.39 is 4.92 Å². The van der Waals surface area contributed by atoms with Gasteiger partial charge in [0.2, 0.25) is 0 Å². The van der Waals surface area contributed by atoms with Crippen molar-refractivity contribution >= 4 is 5.69 Å². The van der Waals surface area contributed by atoms with E-state index in [1.807, 2.05) is 6.07 Å². The number of nitro groups is 1. The number of hydrogen-bond donors (Lipinski definition) is 1. The summed E-state index contributed by atoms with van der Waals surface area (Å²) >= 11 is 0. The first-order valence-electron chi connectivity index (χ1n) is 6.72. The molecule has 0 aliphatic carbocycles. The smallest absolute Gasteiger partial charge is 0.311 e. The summed E-state index contributed by atoms with van der Waals surface area (Å²) in [5.41, 5.74) is 0.801. The van der Waals surface area contributed by atoms with Crippen molar-refractivity contribution in [1.82, 2.24) is 5.32 Å². The van der Waals surface area contributed by atoms with Crippen LogP contribution in [0, 0.1) is 22.5 Å². The molecule has 1 N–H and O–H groups in total. The van der Waals surface area contributed by atoms with Gasteiger partial charge in [-0.2, -0.15) is 0 Å². The highest BCUT2D eigenvalue weighted by molar-refractivity contribution is 5.48. The summed E-state index contributed by atoms with van der Waals surface area (Å²) in [6.45, 7) is 2.20. The summed E-state index contributed by atoms with van der Waals surface area (Å²) in [5, 5.41) is 14.2. The second kappa shape index (κ2) is 9.75. The van der Waals surface area contributed by atoms with Crippen molar-refractivity contribution in [3.63, 3.8) is 0 Å². The number of rotatable bonds is 10. The molecule has 114 valence electrons. The average molecular weight is 292 g/mol. The molecule has 21 heavy (non-hydrogen) atoms. The van der Waals surface area contributed by atoms with Gasteiger partial charge in [0.15, 0.2) is 5.75 Å². The molecule has 0 heterocycles. The van der Waals surface area contributed by atoms with Crippen LogP contribution in [0.2, 0.25) is 0 Å². The molecule has 0 aliphatic heterocycles. The topological polar surface area (TPSA) is 73.6 Å². The van der Waals surface area contributed by atoms with Gasteiger partial charge in [0.1, 0.15) is 0 Å². The van der Waals surface area contributed by atoms with Gasteiger partial charge >= 0.3 is 5.69 Å². The number of unbranched alkanes of at least 4 members (excludes halogenated alkanes) is 1. The summed E-state index contributed by atoms with van der Waals surface area (Å²) < 4.78 is 10.3. The highest BCUT2D eigenvalue weighted by Crippen LogP contribution is 2.28. The van der Waals surface area contributed by atoms with Crippen LogP contribution in [0.4, 0.5) is 5.69 Å². The molecule has 6 heteroatoms. The van der Waals surface area contributed by atoms with Gasteiger partial charge in [0.05, 0.1) is 18.1 Å². The number of nitro benzene ring substituents is 1. The Bertz CT molecular complexity index is 497. The van der Waals surface area contributed by atoms with Gasteiger partial charge in [-0.05, 0) is 18.1 Å². The monoisotopic (exact) mass is 292 g/mol. The Hall–Kier alpha value is -2.10. The van der Waals surface area contributed by atoms with Crippen molar-refractivity contribution in [2.75, 3.05) is 26.9 Å². The van der Waals surface area contributed by atoms with Gasteiger partial charge in [-0.25, -0.2) is 0 Å². The Morgan fingerprint density at radius 3 is 2.90 bits per heavy atom. The maximum Gasteiger partial charge on any atom is 0.311 e. The van der Waals surface area contributed by atoms with Crippen LogP contribution >= 0.6 is 0 Å². The number of nitrogens with one attached hydrogen (secondary N) is 1. The summed E-state index contributed by atoms with van der Waals surface area (Å²) in [6, 6.07) is 4.96. The molecule has 1 aromatic carbocycles. The van der Waals surface area contributed by atoms with E-state index in [2.05, 4.69) is 11.2 Å². The third kappa shape index (κ3) is 6.25. The first kappa shape index (κ1) is 17.0. The lowest BCUT2D eigenvalue weighted by Gasteiger charge is -2.08. The van der Waals surface area contributed by atoms with E-state index in [4.69, 9.17) is 15.9 Å². The first-order chi connectivity index (χ1) is 10.2. The largest absolute Gasteiger partial charge is 0.487 e. The van der Waals surface area contributed by atoms with Crippen LogP contribution in [-0.4, -0.2) is 31.8 Å². The zero-order valence-corrected chi connectivity index (χ0v) is 12.1. The van der Waals surface area contributed by atoms with Crippen molar-refractivity contribution < 1.29 is 14.4 Å². The van der Waals surface area contributed by atoms with E-state index in [1.165, 1.54) is 6.07 Å². The second-order valence-corrected chi connectivity index (χ2v) is 4.38. The SMILES string of the molecule is C#CCCCOc1ccc(CNCCOC)cc1[N+](=O)[O-]. The Labute approximate surface area is 124 Å². The van der Waals surface area contributed by atoms with E-state index >= 15 is 0 Å². The van der Waals surface area contributed by atoms with E-state index in [1.54, 1.807) is 13.2 Å². The fraction of sp³-hybridized carbons (Fsp3) is 0.467. The molecule has 1 aromatic rings. The maximum absolute atomic E-state index is 11.1. The van der Waals surface area contributed by atoms with Crippen LogP contribution < -0.4 is 10.1 Å². The number of hydrogen-bond acceptors (Lipinski definition) is 5. The molecular weight excluding hydrogens is 272 g/mol. The van der Waals surface area contributed by atoms with Crippen molar-refractivity contribution in [3.05, 3.63) is 33.9 Å². The number of benzene rings is 1. The molecule has 0 amide bonds. The number of methoxy groups -OCH3 is 1. The van der Waals surface area contributed by atoms with Gasteiger partial charge in [-0.1, -0.05) is 6.07 Å². The second-order valence-electron chi connectivity index (χ2n) is 4.38. The molecule has 0 aromatic heterocycles. The molecule has 0 bridgehead atoms. The van der Waals surface area contributed by atoms with Crippen LogP contribution in [0.3, 0.4) is 0 Å². The summed E-state index contributed by atoms with van der Waals surface area (Å²) in [6.07, 6.45) is 6.41. The van der Waals surface area contributed by atoms with Crippen molar-refractivity contribution in [1.29, 1.82) is 0 Å². The Morgan fingerprint density at radius 2 is 2.24 bits per heavy atom. The fourth-order valence-electron chi connectivity index (χ4n) is 1.70. The Balaban J connectivity index is 2.64. The van der Waals surface area contributed by atoms with Crippen molar-refractivity contribution in [3.8, 4) is 18.1 Å². The highest BCUT2D eigenvalue weighted by Gasteiger charge is 2.15. The van der Waals surface area contributed by atoms with Gasteiger partial charge in [-0.3, -0.25) is 10.1 Å². The minimum Gasteiger partial charge on any atom is -0.487 e. The lowest BCUT2D eigenvalue weighted by atomic mass is 10.2. The van der Waals surface area contributed by atoms with Crippen molar-refractivity contribution in [2.24, 2.45) is 0 Å². The number of terminal acetylenes is 1. The average Bonchev–Trinajstić information content (AvgIpc) is 2.48. The number of nitrogens with zero attached hydrogens (tertiary/aromatic N) is 1. The van der Waals surface area contributed by atoms with Crippen molar-refractivity contribution in [2.45, 2.75) is 19.4 Å². The normalized spacial score (nSPS) is 10.1. The quantitative estimate of drug-likeness (QED) is 0.309. The van der Waals surface area contributed by atoms with Gasteiger partial charge in [0.25, 0.3) is 0 Å². The van der Waals surface area contributed by atoms with Crippen LogP contribution in [0.5, 0.6) is 5.75 Å². The minimum atomic E-state index is -0.435. The molecule has 0 unspecified atom stereocenters. The van der Waals surface area contributed by atoms with Crippen LogP contribution in [-0.2, 0) is 11.3 Å². The highest BCUT2D eigenvalue weighted by atomic mass is 16.6. The van der Waals surface area contributed by atoms with Crippen LogP contribution in [0.25, 0.3) is 0 Å². The first-order valence-corrected chi connectivity index (χ1v) is 6.72. The molecule has 0 atom stereocenters. The van der Waals surface area contributed by atoms with E-state index in [-0.39, 0.29) is 11.4 Å². The van der Waals surface area contributed by atoms with E-state index in [0.717, 1.165) is 5.56 Å². The summed E-state index contributed by atoms with van der Waals surface area (Å²) in [7, 11) is 1.62.